The van der Waals surface area contributed by atoms with Gasteiger partial charge in [-0.15, -0.1) is 0 Å². The van der Waals surface area contributed by atoms with Crippen molar-refractivity contribution in [2.45, 2.75) is 64.0 Å². The second-order valence-corrected chi connectivity index (χ2v) is 8.78. The third-order valence-corrected chi connectivity index (χ3v) is 6.66. The number of furan rings is 1. The Hall–Kier alpha value is -2.53. The molecule has 2 aromatic heterocycles. The first kappa shape index (κ1) is 19.4. The van der Waals surface area contributed by atoms with Gasteiger partial charge >= 0.3 is 0 Å². The van der Waals surface area contributed by atoms with Crippen molar-refractivity contribution in [1.29, 1.82) is 0 Å². The number of carbonyl (C=O) groups is 1. The molecule has 0 spiro atoms. The molecule has 1 atom stereocenters. The number of aromatic amines is 1. The van der Waals surface area contributed by atoms with E-state index in [-0.39, 0.29) is 11.8 Å². The number of nitrogens with zero attached hydrogens (tertiary/aromatic N) is 1. The second kappa shape index (κ2) is 8.68. The fraction of sp³-hybridized carbons (Fsp3) is 0.480. The zero-order valence-corrected chi connectivity index (χ0v) is 17.6. The summed E-state index contributed by atoms with van der Waals surface area (Å²) in [5.74, 6) is 1.82. The van der Waals surface area contributed by atoms with Crippen LogP contribution in [0.5, 0.6) is 0 Å². The van der Waals surface area contributed by atoms with Gasteiger partial charge in [-0.1, -0.05) is 31.0 Å². The van der Waals surface area contributed by atoms with Crippen LogP contribution in [0.4, 0.5) is 0 Å². The molecular weight excluding hydrogens is 374 g/mol. The lowest BCUT2D eigenvalue weighted by Gasteiger charge is -2.22. The number of nitrogens with one attached hydrogen (secondary N) is 2. The first-order valence-electron chi connectivity index (χ1n) is 11.4. The minimum Gasteiger partial charge on any atom is -0.463 e. The highest BCUT2D eigenvalue weighted by Gasteiger charge is 2.29. The molecule has 3 aromatic rings. The molecule has 1 amide bonds. The van der Waals surface area contributed by atoms with Crippen LogP contribution in [-0.4, -0.2) is 28.9 Å². The maximum absolute atomic E-state index is 13.0. The van der Waals surface area contributed by atoms with Crippen LogP contribution in [0.3, 0.4) is 0 Å². The van der Waals surface area contributed by atoms with E-state index in [1.54, 1.807) is 0 Å². The Bertz CT molecular complexity index is 1010. The molecule has 1 fully saturated rings. The molecule has 1 unspecified atom stereocenters. The second-order valence-electron chi connectivity index (χ2n) is 8.78. The molecule has 30 heavy (non-hydrogen) atoms. The van der Waals surface area contributed by atoms with Crippen molar-refractivity contribution in [2.24, 2.45) is 0 Å². The monoisotopic (exact) mass is 405 g/mol. The van der Waals surface area contributed by atoms with Crippen LogP contribution >= 0.6 is 0 Å². The maximum Gasteiger partial charge on any atom is 0.229 e. The molecule has 2 N–H and O–H groups in total. The molecule has 0 bridgehead atoms. The van der Waals surface area contributed by atoms with Gasteiger partial charge in [-0.05, 0) is 69.0 Å². The van der Waals surface area contributed by atoms with E-state index in [1.165, 1.54) is 36.6 Å². The summed E-state index contributed by atoms with van der Waals surface area (Å²) in [7, 11) is 0. The Morgan fingerprint density at radius 2 is 1.83 bits per heavy atom. The van der Waals surface area contributed by atoms with Gasteiger partial charge in [0.2, 0.25) is 5.91 Å². The number of H-pyrrole nitrogens is 1. The van der Waals surface area contributed by atoms with Gasteiger partial charge in [-0.3, -0.25) is 9.69 Å². The average Bonchev–Trinajstić information content (AvgIpc) is 3.28. The van der Waals surface area contributed by atoms with E-state index in [0.717, 1.165) is 61.6 Å². The van der Waals surface area contributed by atoms with Crippen LogP contribution in [-0.2, 0) is 24.3 Å². The first-order chi connectivity index (χ1) is 14.8. The number of likely N-dealkylation sites (tertiary alicyclic amines) is 1. The number of hydrogen-bond acceptors (Lipinski definition) is 3. The molecule has 0 saturated carbocycles. The fourth-order valence-corrected chi connectivity index (χ4v) is 5.09. The van der Waals surface area contributed by atoms with E-state index in [9.17, 15) is 4.79 Å². The van der Waals surface area contributed by atoms with Crippen molar-refractivity contribution in [1.82, 2.24) is 15.2 Å². The molecule has 1 saturated heterocycles. The maximum atomic E-state index is 13.0. The summed E-state index contributed by atoms with van der Waals surface area (Å²) >= 11 is 0. The molecule has 5 nitrogen and oxygen atoms in total. The standard InChI is InChI=1S/C25H31N3O2/c29-25(22-10-7-9-21-20-8-3-4-11-23(20)27-24(21)22)26-16-18-12-13-19(30-18)17-28-14-5-1-2-6-15-28/h3-4,8,11-13,22,27H,1-2,5-7,9-10,14-17H2,(H,26,29). The fourth-order valence-electron chi connectivity index (χ4n) is 5.09. The van der Waals surface area contributed by atoms with Crippen molar-refractivity contribution in [3.63, 3.8) is 0 Å². The van der Waals surface area contributed by atoms with Gasteiger partial charge in [0.25, 0.3) is 0 Å². The number of carbonyl (C=O) groups excluding carboxylic acids is 1. The van der Waals surface area contributed by atoms with Gasteiger partial charge in [0.15, 0.2) is 0 Å². The lowest BCUT2D eigenvalue weighted by atomic mass is 9.86. The van der Waals surface area contributed by atoms with Gasteiger partial charge in [-0.2, -0.15) is 0 Å². The summed E-state index contributed by atoms with van der Waals surface area (Å²) < 4.78 is 6.02. The summed E-state index contributed by atoms with van der Waals surface area (Å²) in [6.45, 7) is 3.63. The van der Waals surface area contributed by atoms with Crippen molar-refractivity contribution >= 4 is 16.8 Å². The Morgan fingerprint density at radius 3 is 2.70 bits per heavy atom. The summed E-state index contributed by atoms with van der Waals surface area (Å²) in [6.07, 6.45) is 8.22. The molecule has 1 aromatic carbocycles. The minimum absolute atomic E-state index is 0.0907. The van der Waals surface area contributed by atoms with Crippen LogP contribution in [0.15, 0.2) is 40.8 Å². The van der Waals surface area contributed by atoms with E-state index in [2.05, 4.69) is 39.5 Å². The normalized spacial score (nSPS) is 20.1. The SMILES string of the molecule is O=C(NCc1ccc(CN2CCCCCC2)o1)C1CCCc2c1[nH]c1ccccc21. The highest BCUT2D eigenvalue weighted by molar-refractivity contribution is 5.90. The van der Waals surface area contributed by atoms with Crippen LogP contribution in [0, 0.1) is 0 Å². The average molecular weight is 406 g/mol. The molecule has 0 radical (unpaired) electrons. The van der Waals surface area contributed by atoms with Gasteiger partial charge in [0.1, 0.15) is 11.5 Å². The van der Waals surface area contributed by atoms with Crippen LogP contribution in [0.2, 0.25) is 0 Å². The van der Waals surface area contributed by atoms with Crippen LogP contribution in [0.1, 0.15) is 67.2 Å². The zero-order chi connectivity index (χ0) is 20.3. The minimum atomic E-state index is -0.104. The van der Waals surface area contributed by atoms with Crippen molar-refractivity contribution in [3.05, 3.63) is 59.2 Å². The molecule has 3 heterocycles. The lowest BCUT2D eigenvalue weighted by molar-refractivity contribution is -0.123. The molecule has 2 aliphatic rings. The molecule has 1 aliphatic heterocycles. The third-order valence-electron chi connectivity index (χ3n) is 6.66. The highest BCUT2D eigenvalue weighted by atomic mass is 16.3. The quantitative estimate of drug-likeness (QED) is 0.636. The van der Waals surface area contributed by atoms with Crippen molar-refractivity contribution < 1.29 is 9.21 Å². The predicted octanol–water partition coefficient (Wildman–Crippen LogP) is 4.87. The smallest absolute Gasteiger partial charge is 0.229 e. The Morgan fingerprint density at radius 1 is 1.03 bits per heavy atom. The number of hydrogen-bond donors (Lipinski definition) is 2. The number of benzene rings is 1. The topological polar surface area (TPSA) is 61.3 Å². The van der Waals surface area contributed by atoms with Crippen LogP contribution < -0.4 is 5.32 Å². The summed E-state index contributed by atoms with van der Waals surface area (Å²) in [5, 5.41) is 4.37. The number of aromatic nitrogens is 1. The molecular formula is C25H31N3O2. The van der Waals surface area contributed by atoms with E-state index >= 15 is 0 Å². The Kier molecular flexibility index (Phi) is 5.63. The van der Waals surface area contributed by atoms with Gasteiger partial charge in [0, 0.05) is 16.6 Å². The van der Waals surface area contributed by atoms with Gasteiger partial charge in [0.05, 0.1) is 19.0 Å². The zero-order valence-electron chi connectivity index (χ0n) is 17.6. The van der Waals surface area contributed by atoms with E-state index < -0.39 is 0 Å². The molecule has 1 aliphatic carbocycles. The Balaban J connectivity index is 1.22. The first-order valence-corrected chi connectivity index (χ1v) is 11.4. The van der Waals surface area contributed by atoms with Gasteiger partial charge in [-0.25, -0.2) is 0 Å². The predicted molar refractivity (Wildman–Crippen MR) is 118 cm³/mol. The molecule has 158 valence electrons. The number of rotatable bonds is 5. The van der Waals surface area contributed by atoms with Crippen molar-refractivity contribution in [3.8, 4) is 0 Å². The summed E-state index contributed by atoms with van der Waals surface area (Å²) in [5.41, 5.74) is 3.54. The number of aryl methyl sites for hydroxylation is 1. The highest BCUT2D eigenvalue weighted by Crippen LogP contribution is 2.36. The molecule has 5 heteroatoms. The van der Waals surface area contributed by atoms with E-state index in [4.69, 9.17) is 4.42 Å². The van der Waals surface area contributed by atoms with E-state index in [1.807, 2.05) is 12.1 Å². The van der Waals surface area contributed by atoms with Crippen LogP contribution in [0.25, 0.3) is 10.9 Å². The molecule has 5 rings (SSSR count). The number of para-hydroxylation sites is 1. The van der Waals surface area contributed by atoms with Crippen molar-refractivity contribution in [2.75, 3.05) is 13.1 Å². The number of fused-ring (bicyclic) bond motifs is 3. The summed E-state index contributed by atoms with van der Waals surface area (Å²) in [4.78, 5) is 19.0. The third kappa shape index (κ3) is 4.04. The largest absolute Gasteiger partial charge is 0.463 e. The Labute approximate surface area is 177 Å². The van der Waals surface area contributed by atoms with E-state index in [0.29, 0.717) is 6.54 Å². The summed E-state index contributed by atoms with van der Waals surface area (Å²) in [6, 6.07) is 12.4. The lowest BCUT2D eigenvalue weighted by Crippen LogP contribution is -2.31. The number of amides is 1. The van der Waals surface area contributed by atoms with Gasteiger partial charge < -0.3 is 14.7 Å².